The number of likely N-dealkylation sites (N-methyl/N-ethyl adjacent to an activating group) is 1. The average molecular weight is 370 g/mol. The largest absolute Gasteiger partial charge is 0.444 e. The molecule has 152 valence electrons. The molecule has 1 heterocycles. The van der Waals surface area contributed by atoms with Crippen LogP contribution in [0.4, 0.5) is 4.79 Å². The quantitative estimate of drug-likeness (QED) is 0.409. The molecule has 0 aromatic carbocycles. The van der Waals surface area contributed by atoms with Crippen LogP contribution in [0, 0.1) is 0 Å². The van der Waals surface area contributed by atoms with Crippen LogP contribution in [0.25, 0.3) is 0 Å². The molecular formula is C19H39N5O2. The van der Waals surface area contributed by atoms with Crippen molar-refractivity contribution in [3.63, 3.8) is 0 Å². The minimum Gasteiger partial charge on any atom is -0.444 e. The highest BCUT2D eigenvalue weighted by Gasteiger charge is 2.19. The summed E-state index contributed by atoms with van der Waals surface area (Å²) in [5.74, 6) is 0.772. The van der Waals surface area contributed by atoms with Gasteiger partial charge in [-0.25, -0.2) is 4.79 Å². The highest BCUT2D eigenvalue weighted by atomic mass is 16.6. The summed E-state index contributed by atoms with van der Waals surface area (Å²) in [7, 11) is 3.51. The minimum atomic E-state index is -0.470. The second kappa shape index (κ2) is 11.3. The molecule has 0 aromatic rings. The van der Waals surface area contributed by atoms with E-state index in [-0.39, 0.29) is 6.09 Å². The Morgan fingerprint density at radius 1 is 1.27 bits per heavy atom. The van der Waals surface area contributed by atoms with E-state index in [1.165, 1.54) is 25.8 Å². The molecule has 2 N–H and O–H groups in total. The normalized spacial score (nSPS) is 19.2. The Balaban J connectivity index is 2.17. The number of likely N-dealkylation sites (tertiary alicyclic amines) is 1. The molecule has 0 spiro atoms. The summed E-state index contributed by atoms with van der Waals surface area (Å²) in [6.45, 7) is 12.4. The molecule has 0 aromatic heterocycles. The summed E-state index contributed by atoms with van der Waals surface area (Å²) in [4.78, 5) is 20.3. The van der Waals surface area contributed by atoms with Gasteiger partial charge in [0.25, 0.3) is 0 Å². The zero-order valence-corrected chi connectivity index (χ0v) is 17.6. The van der Waals surface area contributed by atoms with Gasteiger partial charge in [0.2, 0.25) is 0 Å². The highest BCUT2D eigenvalue weighted by molar-refractivity contribution is 5.79. The number of carbonyl (C=O) groups is 1. The predicted octanol–water partition coefficient (Wildman–Crippen LogP) is 2.28. The molecule has 7 nitrogen and oxygen atoms in total. The lowest BCUT2D eigenvalue weighted by Gasteiger charge is -2.33. The number of ether oxygens (including phenoxy) is 1. The van der Waals surface area contributed by atoms with Crippen LogP contribution < -0.4 is 10.6 Å². The van der Waals surface area contributed by atoms with E-state index in [0.717, 1.165) is 25.5 Å². The van der Waals surface area contributed by atoms with Gasteiger partial charge in [-0.15, -0.1) is 0 Å². The van der Waals surface area contributed by atoms with Gasteiger partial charge in [0.1, 0.15) is 5.60 Å². The summed E-state index contributed by atoms with van der Waals surface area (Å²) in [5.41, 5.74) is -0.470. The van der Waals surface area contributed by atoms with E-state index in [1.807, 2.05) is 20.8 Å². The summed E-state index contributed by atoms with van der Waals surface area (Å²) in [6, 6.07) is 0.713. The first kappa shape index (κ1) is 22.5. The molecule has 0 saturated carbocycles. The minimum absolute atomic E-state index is 0.308. The summed E-state index contributed by atoms with van der Waals surface area (Å²) in [5, 5.41) is 6.58. The maximum Gasteiger partial charge on any atom is 0.410 e. The smallest absolute Gasteiger partial charge is 0.410 e. The van der Waals surface area contributed by atoms with Gasteiger partial charge in [0, 0.05) is 46.3 Å². The Hall–Kier alpha value is -1.50. The fraction of sp³-hybridized carbons (Fsp3) is 0.895. The van der Waals surface area contributed by atoms with E-state index >= 15 is 0 Å². The van der Waals surface area contributed by atoms with Crippen molar-refractivity contribution in [2.75, 3.05) is 46.8 Å². The number of guanidine groups is 1. The maximum absolute atomic E-state index is 11.9. The summed E-state index contributed by atoms with van der Waals surface area (Å²) < 4.78 is 5.34. The van der Waals surface area contributed by atoms with Crippen LogP contribution in [0.2, 0.25) is 0 Å². The van der Waals surface area contributed by atoms with Crippen LogP contribution in [0.3, 0.4) is 0 Å². The molecule has 1 unspecified atom stereocenters. The Morgan fingerprint density at radius 3 is 2.58 bits per heavy atom. The fourth-order valence-electron chi connectivity index (χ4n) is 2.97. The molecule has 0 bridgehead atoms. The number of nitrogens with zero attached hydrogens (tertiary/aromatic N) is 3. The molecule has 0 radical (unpaired) electrons. The number of aliphatic imine (C=N–C) groups is 1. The number of rotatable bonds is 7. The SMILES string of the molecule is CN=C(NCCCN1CCCCC1C)NCCN(C)C(=O)OC(C)(C)C. The average Bonchev–Trinajstić information content (AvgIpc) is 2.56. The Kier molecular flexibility index (Phi) is 9.76. The first-order valence-corrected chi connectivity index (χ1v) is 9.85. The molecule has 1 amide bonds. The topological polar surface area (TPSA) is 69.2 Å². The monoisotopic (exact) mass is 369 g/mol. The van der Waals surface area contributed by atoms with E-state index < -0.39 is 5.60 Å². The van der Waals surface area contributed by atoms with E-state index in [4.69, 9.17) is 4.74 Å². The van der Waals surface area contributed by atoms with Crippen molar-refractivity contribution >= 4 is 12.1 Å². The van der Waals surface area contributed by atoms with Crippen LogP contribution in [0.1, 0.15) is 53.4 Å². The van der Waals surface area contributed by atoms with Gasteiger partial charge in [-0.1, -0.05) is 6.42 Å². The summed E-state index contributed by atoms with van der Waals surface area (Å²) in [6.07, 6.45) is 4.80. The van der Waals surface area contributed by atoms with Crippen LogP contribution >= 0.6 is 0 Å². The van der Waals surface area contributed by atoms with Crippen LogP contribution in [0.15, 0.2) is 4.99 Å². The van der Waals surface area contributed by atoms with Crippen molar-refractivity contribution in [2.24, 2.45) is 4.99 Å². The van der Waals surface area contributed by atoms with Gasteiger partial charge >= 0.3 is 6.09 Å². The number of amides is 1. The Morgan fingerprint density at radius 2 is 1.96 bits per heavy atom. The van der Waals surface area contributed by atoms with E-state index in [9.17, 15) is 4.79 Å². The van der Waals surface area contributed by atoms with Crippen molar-refractivity contribution in [2.45, 2.75) is 65.0 Å². The number of nitrogens with one attached hydrogen (secondary N) is 2. The van der Waals surface area contributed by atoms with Gasteiger partial charge in [-0.2, -0.15) is 0 Å². The molecule has 1 aliphatic heterocycles. The second-order valence-corrected chi connectivity index (χ2v) is 8.06. The maximum atomic E-state index is 11.9. The van der Waals surface area contributed by atoms with E-state index in [2.05, 4.69) is 27.4 Å². The van der Waals surface area contributed by atoms with Gasteiger partial charge < -0.3 is 25.2 Å². The molecule has 1 atom stereocenters. The van der Waals surface area contributed by atoms with E-state index in [1.54, 1.807) is 19.0 Å². The van der Waals surface area contributed by atoms with Gasteiger partial charge in [0.05, 0.1) is 0 Å². The third kappa shape index (κ3) is 9.27. The molecule has 26 heavy (non-hydrogen) atoms. The van der Waals surface area contributed by atoms with Crippen molar-refractivity contribution in [3.8, 4) is 0 Å². The van der Waals surface area contributed by atoms with Gasteiger partial charge in [-0.05, 0) is 53.5 Å². The molecule has 7 heteroatoms. The zero-order valence-electron chi connectivity index (χ0n) is 17.6. The Bertz CT molecular complexity index is 448. The molecule has 1 saturated heterocycles. The summed E-state index contributed by atoms with van der Waals surface area (Å²) >= 11 is 0. The lowest BCUT2D eigenvalue weighted by molar-refractivity contribution is 0.0302. The van der Waals surface area contributed by atoms with Crippen molar-refractivity contribution < 1.29 is 9.53 Å². The van der Waals surface area contributed by atoms with Crippen molar-refractivity contribution in [3.05, 3.63) is 0 Å². The number of carbonyl (C=O) groups excluding carboxylic acids is 1. The lowest BCUT2D eigenvalue weighted by atomic mass is 10.0. The Labute approximate surface area is 159 Å². The van der Waals surface area contributed by atoms with Crippen LogP contribution in [-0.4, -0.2) is 80.3 Å². The lowest BCUT2D eigenvalue weighted by Crippen LogP contribution is -2.44. The van der Waals surface area contributed by atoms with Gasteiger partial charge in [-0.3, -0.25) is 4.99 Å². The molecular weight excluding hydrogens is 330 g/mol. The third-order valence-corrected chi connectivity index (χ3v) is 4.52. The van der Waals surface area contributed by atoms with Crippen LogP contribution in [0.5, 0.6) is 0 Å². The van der Waals surface area contributed by atoms with Crippen molar-refractivity contribution in [1.29, 1.82) is 0 Å². The molecule has 1 aliphatic rings. The number of hydrogen-bond donors (Lipinski definition) is 2. The highest BCUT2D eigenvalue weighted by Crippen LogP contribution is 2.16. The third-order valence-electron chi connectivity index (χ3n) is 4.52. The fourth-order valence-corrected chi connectivity index (χ4v) is 2.97. The zero-order chi connectivity index (χ0) is 19.6. The molecule has 1 fully saturated rings. The van der Waals surface area contributed by atoms with Gasteiger partial charge in [0.15, 0.2) is 5.96 Å². The molecule has 1 rings (SSSR count). The number of piperidine rings is 1. The van der Waals surface area contributed by atoms with Crippen molar-refractivity contribution in [1.82, 2.24) is 20.4 Å². The number of hydrogen-bond acceptors (Lipinski definition) is 4. The van der Waals surface area contributed by atoms with Crippen LogP contribution in [-0.2, 0) is 4.74 Å². The first-order chi connectivity index (χ1) is 12.2. The second-order valence-electron chi connectivity index (χ2n) is 8.06. The molecule has 0 aliphatic carbocycles. The standard InChI is InChI=1S/C19H39N5O2/c1-16-10-7-8-13-24(16)14-9-11-21-17(20-5)22-12-15-23(6)18(25)26-19(2,3)4/h16H,7-15H2,1-6H3,(H2,20,21,22). The van der Waals surface area contributed by atoms with E-state index in [0.29, 0.717) is 19.1 Å². The predicted molar refractivity (Wildman–Crippen MR) is 108 cm³/mol. The first-order valence-electron chi connectivity index (χ1n) is 9.85.